The van der Waals surface area contributed by atoms with E-state index in [0.717, 1.165) is 0 Å². The summed E-state index contributed by atoms with van der Waals surface area (Å²) in [6.07, 6.45) is -0.205. The highest BCUT2D eigenvalue weighted by atomic mass is 35.5. The molecule has 0 radical (unpaired) electrons. The molecule has 2 aromatic carbocycles. The summed E-state index contributed by atoms with van der Waals surface area (Å²) in [5.74, 6) is -1.38. The molecule has 0 fully saturated rings. The minimum absolute atomic E-state index is 0.205. The quantitative estimate of drug-likeness (QED) is 0.743. The van der Waals surface area contributed by atoms with Crippen molar-refractivity contribution in [2.24, 2.45) is 0 Å². The van der Waals surface area contributed by atoms with E-state index in [1.807, 2.05) is 0 Å². The molecule has 25 heavy (non-hydrogen) atoms. The van der Waals surface area contributed by atoms with Gasteiger partial charge >= 0.3 is 5.97 Å². The molecule has 0 aromatic heterocycles. The molecule has 0 spiro atoms. The lowest BCUT2D eigenvalue weighted by Crippen LogP contribution is -2.31. The first-order valence-electron chi connectivity index (χ1n) is 7.36. The molecule has 0 saturated carbocycles. The monoisotopic (exact) mass is 385 g/mol. The largest absolute Gasteiger partial charge is 0.469 e. The van der Waals surface area contributed by atoms with Gasteiger partial charge in [-0.2, -0.15) is 0 Å². The third kappa shape index (κ3) is 5.81. The number of nitrogens with one attached hydrogen (secondary N) is 1. The summed E-state index contributed by atoms with van der Waals surface area (Å²) in [7, 11) is -2.58. The van der Waals surface area contributed by atoms with Crippen LogP contribution in [0.25, 0.3) is 0 Å². The van der Waals surface area contributed by atoms with E-state index < -0.39 is 27.9 Å². The van der Waals surface area contributed by atoms with Gasteiger partial charge in [-0.05, 0) is 29.3 Å². The van der Waals surface area contributed by atoms with Crippen LogP contribution in [-0.4, -0.2) is 21.5 Å². The lowest BCUT2D eigenvalue weighted by atomic mass is 10.1. The Hall–Kier alpha value is -1.96. The molecule has 0 aliphatic heterocycles. The van der Waals surface area contributed by atoms with Crippen molar-refractivity contribution in [3.8, 4) is 0 Å². The van der Waals surface area contributed by atoms with Crippen LogP contribution in [0.4, 0.5) is 4.39 Å². The Kier molecular flexibility index (Phi) is 6.52. The normalized spacial score (nSPS) is 12.6. The van der Waals surface area contributed by atoms with Crippen LogP contribution in [0.3, 0.4) is 0 Å². The van der Waals surface area contributed by atoms with E-state index in [2.05, 4.69) is 9.46 Å². The molecule has 2 rings (SSSR count). The molecule has 0 heterocycles. The summed E-state index contributed by atoms with van der Waals surface area (Å²) in [5.41, 5.74) is 0.891. The SMILES string of the molecule is COC(=O)CC(NS(=O)(=O)Cc1ccc(F)cc1)c1ccccc1Cl. The summed E-state index contributed by atoms with van der Waals surface area (Å²) < 4.78 is 44.9. The van der Waals surface area contributed by atoms with Crippen LogP contribution in [-0.2, 0) is 25.3 Å². The third-order valence-electron chi connectivity index (χ3n) is 3.47. The van der Waals surface area contributed by atoms with E-state index in [1.165, 1.54) is 31.4 Å². The molecule has 5 nitrogen and oxygen atoms in total. The number of hydrogen-bond donors (Lipinski definition) is 1. The van der Waals surface area contributed by atoms with Crippen LogP contribution in [0, 0.1) is 5.82 Å². The summed E-state index contributed by atoms with van der Waals surface area (Å²) in [6, 6.07) is 10.9. The fourth-order valence-corrected chi connectivity index (χ4v) is 3.91. The van der Waals surface area contributed by atoms with E-state index in [1.54, 1.807) is 24.3 Å². The maximum atomic E-state index is 12.9. The minimum Gasteiger partial charge on any atom is -0.469 e. The van der Waals surface area contributed by atoms with Gasteiger partial charge in [0.15, 0.2) is 0 Å². The van der Waals surface area contributed by atoms with E-state index >= 15 is 0 Å². The molecule has 8 heteroatoms. The topological polar surface area (TPSA) is 72.5 Å². The summed E-state index contributed by atoms with van der Waals surface area (Å²) in [4.78, 5) is 11.6. The second kappa shape index (κ2) is 8.42. The van der Waals surface area contributed by atoms with Gasteiger partial charge in [-0.3, -0.25) is 4.79 Å². The van der Waals surface area contributed by atoms with Crippen LogP contribution in [0.2, 0.25) is 5.02 Å². The van der Waals surface area contributed by atoms with Crippen LogP contribution >= 0.6 is 11.6 Å². The van der Waals surface area contributed by atoms with Crippen LogP contribution in [0.5, 0.6) is 0 Å². The molecule has 0 bridgehead atoms. The number of methoxy groups -OCH3 is 1. The van der Waals surface area contributed by atoms with Crippen molar-refractivity contribution in [1.29, 1.82) is 0 Å². The number of carbonyl (C=O) groups excluding carboxylic acids is 1. The van der Waals surface area contributed by atoms with Crippen molar-refractivity contribution in [2.45, 2.75) is 18.2 Å². The Morgan fingerprint density at radius 3 is 2.44 bits per heavy atom. The van der Waals surface area contributed by atoms with Gasteiger partial charge in [0, 0.05) is 5.02 Å². The van der Waals surface area contributed by atoms with E-state index in [-0.39, 0.29) is 12.2 Å². The minimum atomic E-state index is -3.80. The predicted molar refractivity (Wildman–Crippen MR) is 93.0 cm³/mol. The number of ether oxygens (including phenoxy) is 1. The molecule has 2 aromatic rings. The molecule has 0 aliphatic rings. The van der Waals surface area contributed by atoms with Crippen molar-refractivity contribution in [1.82, 2.24) is 4.72 Å². The number of sulfonamides is 1. The van der Waals surface area contributed by atoms with Crippen molar-refractivity contribution < 1.29 is 22.3 Å². The molecule has 0 aliphatic carbocycles. The molecule has 134 valence electrons. The summed E-state index contributed by atoms with van der Waals surface area (Å²) in [6.45, 7) is 0. The van der Waals surface area contributed by atoms with Gasteiger partial charge < -0.3 is 4.74 Å². The Labute approximate surface area is 150 Å². The average Bonchev–Trinajstić information content (AvgIpc) is 2.56. The Morgan fingerprint density at radius 2 is 1.84 bits per heavy atom. The predicted octanol–water partition coefficient (Wildman–Crippen LogP) is 3.20. The highest BCUT2D eigenvalue weighted by Crippen LogP contribution is 2.26. The van der Waals surface area contributed by atoms with Gasteiger partial charge in [-0.1, -0.05) is 41.9 Å². The van der Waals surface area contributed by atoms with Crippen molar-refractivity contribution in [3.63, 3.8) is 0 Å². The van der Waals surface area contributed by atoms with Gasteiger partial charge in [0.1, 0.15) is 5.82 Å². The molecule has 1 N–H and O–H groups in total. The fraction of sp³-hybridized carbons (Fsp3) is 0.235. The van der Waals surface area contributed by atoms with E-state index in [4.69, 9.17) is 11.6 Å². The lowest BCUT2D eigenvalue weighted by molar-refractivity contribution is -0.141. The fourth-order valence-electron chi connectivity index (χ4n) is 2.28. The van der Waals surface area contributed by atoms with E-state index in [9.17, 15) is 17.6 Å². The number of hydrogen-bond acceptors (Lipinski definition) is 4. The van der Waals surface area contributed by atoms with Crippen molar-refractivity contribution in [3.05, 3.63) is 70.5 Å². The first-order valence-corrected chi connectivity index (χ1v) is 9.39. The number of esters is 1. The van der Waals surface area contributed by atoms with Crippen LogP contribution < -0.4 is 4.72 Å². The highest BCUT2D eigenvalue weighted by Gasteiger charge is 2.24. The number of benzene rings is 2. The van der Waals surface area contributed by atoms with Crippen molar-refractivity contribution in [2.75, 3.05) is 7.11 Å². The van der Waals surface area contributed by atoms with Gasteiger partial charge in [0.25, 0.3) is 0 Å². The van der Waals surface area contributed by atoms with Crippen LogP contribution in [0.1, 0.15) is 23.6 Å². The zero-order valence-electron chi connectivity index (χ0n) is 13.4. The maximum absolute atomic E-state index is 12.9. The number of halogens is 2. The zero-order chi connectivity index (χ0) is 18.4. The lowest BCUT2D eigenvalue weighted by Gasteiger charge is -2.19. The molecular weight excluding hydrogens is 369 g/mol. The molecule has 1 unspecified atom stereocenters. The second-order valence-corrected chi connectivity index (χ2v) is 7.52. The summed E-state index contributed by atoms with van der Waals surface area (Å²) >= 11 is 6.12. The first-order chi connectivity index (χ1) is 11.8. The molecule has 1 atom stereocenters. The zero-order valence-corrected chi connectivity index (χ0v) is 15.0. The Balaban J connectivity index is 2.24. The smallest absolute Gasteiger partial charge is 0.307 e. The van der Waals surface area contributed by atoms with Gasteiger partial charge in [-0.25, -0.2) is 17.5 Å². The number of rotatable bonds is 7. The molecule has 0 saturated heterocycles. The Bertz CT molecular complexity index is 840. The average molecular weight is 386 g/mol. The molecular formula is C17H17ClFNO4S. The van der Waals surface area contributed by atoms with Crippen molar-refractivity contribution >= 4 is 27.6 Å². The third-order valence-corrected chi connectivity index (χ3v) is 5.17. The number of carbonyl (C=O) groups is 1. The van der Waals surface area contributed by atoms with Gasteiger partial charge in [0.2, 0.25) is 10.0 Å². The first kappa shape index (κ1) is 19.4. The van der Waals surface area contributed by atoms with E-state index in [0.29, 0.717) is 16.1 Å². The molecule has 0 amide bonds. The second-order valence-electron chi connectivity index (χ2n) is 5.36. The maximum Gasteiger partial charge on any atom is 0.307 e. The highest BCUT2D eigenvalue weighted by molar-refractivity contribution is 7.88. The standard InChI is InChI=1S/C17H17ClFNO4S/c1-24-17(21)10-16(14-4-2-3-5-15(14)18)20-25(22,23)11-12-6-8-13(19)9-7-12/h2-9,16,20H,10-11H2,1H3. The summed E-state index contributed by atoms with van der Waals surface area (Å²) in [5, 5.41) is 0.334. The Morgan fingerprint density at radius 1 is 1.20 bits per heavy atom. The van der Waals surface area contributed by atoms with Gasteiger partial charge in [-0.15, -0.1) is 0 Å². The van der Waals surface area contributed by atoms with Gasteiger partial charge in [0.05, 0.1) is 25.3 Å². The van der Waals surface area contributed by atoms with Crippen LogP contribution in [0.15, 0.2) is 48.5 Å².